The smallest absolute Gasteiger partial charge is 0.243 e. The Morgan fingerprint density at radius 2 is 1.61 bits per heavy atom. The Bertz CT molecular complexity index is 1180. The number of methoxy groups -OCH3 is 1. The van der Waals surface area contributed by atoms with Gasteiger partial charge in [-0.1, -0.05) is 25.1 Å². The van der Waals surface area contributed by atoms with Gasteiger partial charge in [-0.3, -0.25) is 13.9 Å². The Morgan fingerprint density at radius 1 is 1.03 bits per heavy atom. The number of nitrogens with one attached hydrogen (secondary N) is 1. The first kappa shape index (κ1) is 31.1. The van der Waals surface area contributed by atoms with Gasteiger partial charge in [0, 0.05) is 25.0 Å². The second-order valence-corrected chi connectivity index (χ2v) is 12.7. The molecule has 8 nitrogen and oxygen atoms in total. The van der Waals surface area contributed by atoms with Crippen molar-refractivity contribution >= 4 is 27.5 Å². The summed E-state index contributed by atoms with van der Waals surface area (Å²) in [5.41, 5.74) is 2.94. The number of carbonyl (C=O) groups is 2. The summed E-state index contributed by atoms with van der Waals surface area (Å²) < 4.78 is 31.8. The Morgan fingerprint density at radius 3 is 2.08 bits per heavy atom. The third kappa shape index (κ3) is 9.35. The number of nitrogens with zero attached hydrogens (tertiary/aromatic N) is 2. The summed E-state index contributed by atoms with van der Waals surface area (Å²) in [6.45, 7) is 11.9. The molecule has 0 aliphatic rings. The van der Waals surface area contributed by atoms with Crippen LogP contribution in [0, 0.1) is 13.8 Å². The zero-order valence-electron chi connectivity index (χ0n) is 24.0. The molecule has 2 amide bonds. The first-order valence-corrected chi connectivity index (χ1v) is 14.8. The van der Waals surface area contributed by atoms with Crippen LogP contribution in [0.4, 0.5) is 5.69 Å². The fourth-order valence-corrected chi connectivity index (χ4v) is 5.35. The van der Waals surface area contributed by atoms with Gasteiger partial charge in [-0.25, -0.2) is 8.42 Å². The molecule has 0 bridgehead atoms. The van der Waals surface area contributed by atoms with Gasteiger partial charge in [0.1, 0.15) is 11.8 Å². The average Bonchev–Trinajstić information content (AvgIpc) is 2.79. The molecule has 0 saturated carbocycles. The maximum absolute atomic E-state index is 13.6. The molecule has 0 saturated heterocycles. The molecule has 0 aliphatic heterocycles. The van der Waals surface area contributed by atoms with Crippen LogP contribution in [-0.4, -0.2) is 56.6 Å². The van der Waals surface area contributed by atoms with Crippen molar-refractivity contribution in [3.05, 3.63) is 59.2 Å². The number of hydrogen-bond donors (Lipinski definition) is 1. The first-order valence-electron chi connectivity index (χ1n) is 12.9. The molecule has 0 unspecified atom stereocenters. The van der Waals surface area contributed by atoms with Gasteiger partial charge in [-0.2, -0.15) is 0 Å². The topological polar surface area (TPSA) is 96.0 Å². The van der Waals surface area contributed by atoms with Crippen LogP contribution in [-0.2, 0) is 26.2 Å². The van der Waals surface area contributed by atoms with Crippen LogP contribution in [0.2, 0.25) is 0 Å². The summed E-state index contributed by atoms with van der Waals surface area (Å²) in [5, 5.41) is 3.00. The Hall–Kier alpha value is -3.07. The maximum atomic E-state index is 13.6. The van der Waals surface area contributed by atoms with Gasteiger partial charge in [-0.15, -0.1) is 0 Å². The molecule has 0 fully saturated rings. The van der Waals surface area contributed by atoms with Crippen molar-refractivity contribution in [2.45, 2.75) is 78.9 Å². The van der Waals surface area contributed by atoms with E-state index >= 15 is 0 Å². The normalized spacial score (nSPS) is 12.5. The van der Waals surface area contributed by atoms with Crippen LogP contribution in [0.25, 0.3) is 0 Å². The van der Waals surface area contributed by atoms with E-state index < -0.39 is 21.6 Å². The minimum atomic E-state index is -3.55. The predicted molar refractivity (Wildman–Crippen MR) is 153 cm³/mol. The molecule has 0 aliphatic carbocycles. The van der Waals surface area contributed by atoms with Crippen LogP contribution in [0.5, 0.6) is 5.75 Å². The molecule has 38 heavy (non-hydrogen) atoms. The highest BCUT2D eigenvalue weighted by Crippen LogP contribution is 2.23. The minimum Gasteiger partial charge on any atom is -0.497 e. The SMILES string of the molecule is CC[C@H](C(=O)NC(C)(C)C)N(Cc1ccc(OC)cc1)C(=O)CCCN(c1cc(C)cc(C)c1)S(C)(=O)=O. The fourth-order valence-electron chi connectivity index (χ4n) is 4.40. The third-order valence-corrected chi connectivity index (χ3v) is 7.24. The molecule has 210 valence electrons. The number of amides is 2. The number of sulfonamides is 1. The van der Waals surface area contributed by atoms with Crippen molar-refractivity contribution in [1.82, 2.24) is 10.2 Å². The van der Waals surface area contributed by atoms with E-state index in [0.29, 0.717) is 24.3 Å². The van der Waals surface area contributed by atoms with Gasteiger partial charge < -0.3 is 15.0 Å². The highest BCUT2D eigenvalue weighted by Gasteiger charge is 2.30. The number of aryl methyl sites for hydroxylation is 2. The predicted octanol–water partition coefficient (Wildman–Crippen LogP) is 4.58. The number of anilines is 1. The van der Waals surface area contributed by atoms with Crippen molar-refractivity contribution in [3.63, 3.8) is 0 Å². The zero-order chi connectivity index (χ0) is 28.7. The lowest BCUT2D eigenvalue weighted by atomic mass is 10.0. The Labute approximate surface area is 228 Å². The zero-order valence-corrected chi connectivity index (χ0v) is 24.8. The molecule has 2 rings (SSSR count). The molecule has 2 aromatic rings. The van der Waals surface area contributed by atoms with Crippen molar-refractivity contribution in [2.75, 3.05) is 24.2 Å². The van der Waals surface area contributed by atoms with Crippen molar-refractivity contribution in [1.29, 1.82) is 0 Å². The Kier molecular flexibility index (Phi) is 10.8. The van der Waals surface area contributed by atoms with E-state index in [4.69, 9.17) is 4.74 Å². The lowest BCUT2D eigenvalue weighted by Gasteiger charge is -2.33. The molecule has 0 spiro atoms. The van der Waals surface area contributed by atoms with E-state index in [9.17, 15) is 18.0 Å². The summed E-state index contributed by atoms with van der Waals surface area (Å²) in [4.78, 5) is 28.3. The lowest BCUT2D eigenvalue weighted by Crippen LogP contribution is -2.53. The van der Waals surface area contributed by atoms with E-state index in [-0.39, 0.29) is 31.3 Å². The molecular formula is C29H43N3O5S. The van der Waals surface area contributed by atoms with Crippen LogP contribution >= 0.6 is 0 Å². The van der Waals surface area contributed by atoms with Crippen LogP contribution in [0.3, 0.4) is 0 Å². The van der Waals surface area contributed by atoms with Crippen molar-refractivity contribution < 1.29 is 22.7 Å². The van der Waals surface area contributed by atoms with Gasteiger partial charge in [0.2, 0.25) is 21.8 Å². The molecule has 0 aromatic heterocycles. The number of benzene rings is 2. The van der Waals surface area contributed by atoms with Gasteiger partial charge in [0.15, 0.2) is 0 Å². The summed E-state index contributed by atoms with van der Waals surface area (Å²) in [7, 11) is -1.96. The van der Waals surface area contributed by atoms with E-state index in [1.807, 2.05) is 84.0 Å². The number of carbonyl (C=O) groups excluding carboxylic acids is 2. The average molecular weight is 546 g/mol. The molecule has 1 N–H and O–H groups in total. The monoisotopic (exact) mass is 545 g/mol. The number of hydrogen-bond acceptors (Lipinski definition) is 5. The molecular weight excluding hydrogens is 502 g/mol. The Balaban J connectivity index is 2.27. The van der Waals surface area contributed by atoms with E-state index in [1.54, 1.807) is 12.0 Å². The van der Waals surface area contributed by atoms with Crippen LogP contribution < -0.4 is 14.4 Å². The second kappa shape index (κ2) is 13.1. The number of ether oxygens (including phenoxy) is 1. The van der Waals surface area contributed by atoms with Crippen LogP contribution in [0.15, 0.2) is 42.5 Å². The minimum absolute atomic E-state index is 0.103. The van der Waals surface area contributed by atoms with Gasteiger partial charge in [-0.05, 0) is 88.4 Å². The van der Waals surface area contributed by atoms with Gasteiger partial charge in [0.25, 0.3) is 0 Å². The standard InChI is InChI=1S/C29H43N3O5S/c1-9-26(28(34)30-29(4,5)6)31(20-23-12-14-25(37-7)15-13-23)27(33)11-10-16-32(38(8,35)36)24-18-21(2)17-22(3)19-24/h12-15,17-19,26H,9-11,16,20H2,1-8H3,(H,30,34)/t26-/m1/s1. The maximum Gasteiger partial charge on any atom is 0.243 e. The molecule has 2 aromatic carbocycles. The summed E-state index contributed by atoms with van der Waals surface area (Å²) in [6.07, 6.45) is 2.04. The summed E-state index contributed by atoms with van der Waals surface area (Å²) in [6, 6.07) is 12.4. The largest absolute Gasteiger partial charge is 0.497 e. The van der Waals surface area contributed by atoms with Crippen LogP contribution in [0.1, 0.15) is 63.6 Å². The van der Waals surface area contributed by atoms with Gasteiger partial charge >= 0.3 is 0 Å². The van der Waals surface area contributed by atoms with Crippen molar-refractivity contribution in [3.8, 4) is 5.75 Å². The fraction of sp³-hybridized carbons (Fsp3) is 0.517. The highest BCUT2D eigenvalue weighted by atomic mass is 32.2. The van der Waals surface area contributed by atoms with Gasteiger partial charge in [0.05, 0.1) is 19.1 Å². The van der Waals surface area contributed by atoms with E-state index in [1.165, 1.54) is 10.6 Å². The van der Waals surface area contributed by atoms with E-state index in [2.05, 4.69) is 5.32 Å². The molecule has 1 atom stereocenters. The molecule has 0 radical (unpaired) electrons. The van der Waals surface area contributed by atoms with E-state index in [0.717, 1.165) is 16.7 Å². The molecule has 9 heteroatoms. The quantitative estimate of drug-likeness (QED) is 0.421. The first-order chi connectivity index (χ1) is 17.6. The number of rotatable bonds is 12. The summed E-state index contributed by atoms with van der Waals surface area (Å²) >= 11 is 0. The van der Waals surface area contributed by atoms with Crippen molar-refractivity contribution in [2.24, 2.45) is 0 Å². The second-order valence-electron chi connectivity index (χ2n) is 10.8. The molecule has 0 heterocycles. The summed E-state index contributed by atoms with van der Waals surface area (Å²) in [5.74, 6) is 0.289. The highest BCUT2D eigenvalue weighted by molar-refractivity contribution is 7.92. The third-order valence-electron chi connectivity index (χ3n) is 6.04. The lowest BCUT2D eigenvalue weighted by molar-refractivity contribution is -0.142.